The molecule has 0 saturated carbocycles. The number of likely N-dealkylation sites (N-methyl/N-ethyl adjacent to an activating group) is 1. The zero-order valence-corrected chi connectivity index (χ0v) is 11.3. The van der Waals surface area contributed by atoms with Crippen molar-refractivity contribution in [2.45, 2.75) is 25.8 Å². The van der Waals surface area contributed by atoms with Gasteiger partial charge in [-0.05, 0) is 45.0 Å². The summed E-state index contributed by atoms with van der Waals surface area (Å²) in [6, 6.07) is 7.81. The molecule has 0 heterocycles. The maximum atomic E-state index is 5.89. The standard InChI is InChI=1S/C14H20ClNO/c1-11(2)7-8-13(16-3)10-17-14-6-4-5-12(15)9-14/h4-6,9,13,16H,1,7-8,10H2,2-3H3. The minimum Gasteiger partial charge on any atom is -0.492 e. The van der Waals surface area contributed by atoms with E-state index in [4.69, 9.17) is 16.3 Å². The molecule has 0 bridgehead atoms. The summed E-state index contributed by atoms with van der Waals surface area (Å²) in [6.07, 6.45) is 2.05. The number of ether oxygens (including phenoxy) is 1. The molecule has 0 saturated heterocycles. The summed E-state index contributed by atoms with van der Waals surface area (Å²) in [4.78, 5) is 0. The van der Waals surface area contributed by atoms with Crippen molar-refractivity contribution in [3.63, 3.8) is 0 Å². The van der Waals surface area contributed by atoms with E-state index in [2.05, 4.69) is 11.9 Å². The van der Waals surface area contributed by atoms with Gasteiger partial charge in [-0.3, -0.25) is 0 Å². The van der Waals surface area contributed by atoms with Crippen LogP contribution in [0.1, 0.15) is 19.8 Å². The van der Waals surface area contributed by atoms with Gasteiger partial charge in [0.1, 0.15) is 12.4 Å². The highest BCUT2D eigenvalue weighted by Crippen LogP contribution is 2.17. The molecule has 17 heavy (non-hydrogen) atoms. The summed E-state index contributed by atoms with van der Waals surface area (Å²) in [7, 11) is 1.95. The van der Waals surface area contributed by atoms with Crippen LogP contribution in [0.2, 0.25) is 5.02 Å². The number of benzene rings is 1. The number of allylic oxidation sites excluding steroid dienone is 1. The molecule has 1 N–H and O–H groups in total. The predicted octanol–water partition coefficient (Wildman–Crippen LogP) is 3.66. The Morgan fingerprint density at radius 3 is 2.88 bits per heavy atom. The molecule has 1 aromatic carbocycles. The molecule has 2 nitrogen and oxygen atoms in total. The van der Waals surface area contributed by atoms with Crippen LogP contribution in [0.25, 0.3) is 0 Å². The van der Waals surface area contributed by atoms with Gasteiger partial charge < -0.3 is 10.1 Å². The molecule has 0 radical (unpaired) electrons. The Hall–Kier alpha value is -0.990. The zero-order chi connectivity index (χ0) is 12.7. The van der Waals surface area contributed by atoms with E-state index < -0.39 is 0 Å². The highest BCUT2D eigenvalue weighted by atomic mass is 35.5. The van der Waals surface area contributed by atoms with Crippen LogP contribution in [0.15, 0.2) is 36.4 Å². The Morgan fingerprint density at radius 1 is 1.53 bits per heavy atom. The average Bonchev–Trinajstić information content (AvgIpc) is 2.29. The second kappa shape index (κ2) is 7.36. The van der Waals surface area contributed by atoms with Gasteiger partial charge in [0.25, 0.3) is 0 Å². The van der Waals surface area contributed by atoms with Crippen molar-refractivity contribution in [2.24, 2.45) is 0 Å². The molecular weight excluding hydrogens is 234 g/mol. The number of halogens is 1. The molecule has 94 valence electrons. The quantitative estimate of drug-likeness (QED) is 0.749. The van der Waals surface area contributed by atoms with Crippen LogP contribution in [0, 0.1) is 0 Å². The minimum absolute atomic E-state index is 0.339. The number of rotatable bonds is 7. The second-order valence-electron chi connectivity index (χ2n) is 4.25. The van der Waals surface area contributed by atoms with Crippen molar-refractivity contribution >= 4 is 11.6 Å². The maximum Gasteiger partial charge on any atom is 0.120 e. The minimum atomic E-state index is 0.339. The third kappa shape index (κ3) is 5.76. The third-order valence-corrected chi connectivity index (χ3v) is 2.81. The van der Waals surface area contributed by atoms with Crippen molar-refractivity contribution in [3.05, 3.63) is 41.4 Å². The van der Waals surface area contributed by atoms with Crippen molar-refractivity contribution in [3.8, 4) is 5.75 Å². The van der Waals surface area contributed by atoms with Gasteiger partial charge in [0, 0.05) is 11.1 Å². The van der Waals surface area contributed by atoms with Crippen LogP contribution in [0.3, 0.4) is 0 Å². The molecule has 1 atom stereocenters. The number of nitrogens with one attached hydrogen (secondary N) is 1. The lowest BCUT2D eigenvalue weighted by molar-refractivity contribution is 0.263. The molecular formula is C14H20ClNO. The van der Waals surface area contributed by atoms with Crippen LogP contribution in [0.5, 0.6) is 5.75 Å². The van der Waals surface area contributed by atoms with Crippen molar-refractivity contribution in [1.82, 2.24) is 5.32 Å². The lowest BCUT2D eigenvalue weighted by Gasteiger charge is -2.17. The summed E-state index contributed by atoms with van der Waals surface area (Å²) >= 11 is 5.89. The van der Waals surface area contributed by atoms with E-state index in [0.29, 0.717) is 17.7 Å². The van der Waals surface area contributed by atoms with Crippen LogP contribution < -0.4 is 10.1 Å². The first kappa shape index (κ1) is 14.1. The molecule has 0 fully saturated rings. The summed E-state index contributed by atoms with van der Waals surface area (Å²) in [5.74, 6) is 0.813. The highest BCUT2D eigenvalue weighted by Gasteiger charge is 2.07. The first-order valence-corrected chi connectivity index (χ1v) is 6.19. The Kier molecular flexibility index (Phi) is 6.09. The Balaban J connectivity index is 2.39. The van der Waals surface area contributed by atoms with Crippen molar-refractivity contribution < 1.29 is 4.74 Å². The monoisotopic (exact) mass is 253 g/mol. The maximum absolute atomic E-state index is 5.89. The Morgan fingerprint density at radius 2 is 2.29 bits per heavy atom. The van der Waals surface area contributed by atoms with E-state index in [1.54, 1.807) is 0 Å². The number of hydrogen-bond donors (Lipinski definition) is 1. The van der Waals surface area contributed by atoms with E-state index in [0.717, 1.165) is 18.6 Å². The SMILES string of the molecule is C=C(C)CCC(COc1cccc(Cl)c1)NC. The summed E-state index contributed by atoms with van der Waals surface area (Å²) in [5.41, 5.74) is 1.20. The first-order chi connectivity index (χ1) is 8.11. The van der Waals surface area contributed by atoms with E-state index >= 15 is 0 Å². The summed E-state index contributed by atoms with van der Waals surface area (Å²) < 4.78 is 5.70. The van der Waals surface area contributed by atoms with Gasteiger partial charge in [-0.2, -0.15) is 0 Å². The molecule has 0 amide bonds. The van der Waals surface area contributed by atoms with E-state index in [9.17, 15) is 0 Å². The molecule has 3 heteroatoms. The fourth-order valence-corrected chi connectivity index (χ4v) is 1.67. The normalized spacial score (nSPS) is 12.2. The van der Waals surface area contributed by atoms with Gasteiger partial charge in [0.15, 0.2) is 0 Å². The third-order valence-electron chi connectivity index (χ3n) is 2.58. The second-order valence-corrected chi connectivity index (χ2v) is 4.69. The van der Waals surface area contributed by atoms with Crippen molar-refractivity contribution in [2.75, 3.05) is 13.7 Å². The van der Waals surface area contributed by atoms with Crippen LogP contribution in [-0.4, -0.2) is 19.7 Å². The molecule has 0 spiro atoms. The highest BCUT2D eigenvalue weighted by molar-refractivity contribution is 6.30. The van der Waals surface area contributed by atoms with Gasteiger partial charge in [-0.1, -0.05) is 23.2 Å². The van der Waals surface area contributed by atoms with Gasteiger partial charge >= 0.3 is 0 Å². The topological polar surface area (TPSA) is 21.3 Å². The molecule has 1 unspecified atom stereocenters. The van der Waals surface area contributed by atoms with Crippen LogP contribution >= 0.6 is 11.6 Å². The fourth-order valence-electron chi connectivity index (χ4n) is 1.49. The molecule has 0 aliphatic rings. The first-order valence-electron chi connectivity index (χ1n) is 5.82. The molecule has 0 aromatic heterocycles. The fraction of sp³-hybridized carbons (Fsp3) is 0.429. The zero-order valence-electron chi connectivity index (χ0n) is 10.5. The largest absolute Gasteiger partial charge is 0.492 e. The van der Waals surface area contributed by atoms with Gasteiger partial charge in [-0.25, -0.2) is 0 Å². The smallest absolute Gasteiger partial charge is 0.120 e. The van der Waals surface area contributed by atoms with Gasteiger partial charge in [0.2, 0.25) is 0 Å². The van der Waals surface area contributed by atoms with E-state index in [-0.39, 0.29) is 0 Å². The lowest BCUT2D eigenvalue weighted by atomic mass is 10.1. The van der Waals surface area contributed by atoms with E-state index in [1.807, 2.05) is 38.2 Å². The van der Waals surface area contributed by atoms with Gasteiger partial charge in [-0.15, -0.1) is 6.58 Å². The van der Waals surface area contributed by atoms with Gasteiger partial charge in [0.05, 0.1) is 0 Å². The van der Waals surface area contributed by atoms with E-state index in [1.165, 1.54) is 5.57 Å². The molecule has 1 aromatic rings. The van der Waals surface area contributed by atoms with Crippen molar-refractivity contribution in [1.29, 1.82) is 0 Å². The Bertz CT molecular complexity index is 365. The van der Waals surface area contributed by atoms with Crippen LogP contribution in [-0.2, 0) is 0 Å². The summed E-state index contributed by atoms with van der Waals surface area (Å²) in [6.45, 7) is 6.59. The Labute approximate surface area is 109 Å². The average molecular weight is 254 g/mol. The number of hydrogen-bond acceptors (Lipinski definition) is 2. The lowest BCUT2D eigenvalue weighted by Crippen LogP contribution is -2.31. The molecule has 0 aliphatic carbocycles. The van der Waals surface area contributed by atoms with Crippen LogP contribution in [0.4, 0.5) is 0 Å². The predicted molar refractivity (Wildman–Crippen MR) is 73.8 cm³/mol. The summed E-state index contributed by atoms with van der Waals surface area (Å²) in [5, 5.41) is 3.94. The molecule has 0 aliphatic heterocycles. The molecule has 1 rings (SSSR count).